The summed E-state index contributed by atoms with van der Waals surface area (Å²) in [6.07, 6.45) is 3.61. The van der Waals surface area contributed by atoms with Gasteiger partial charge < -0.3 is 0 Å². The molecule has 0 fully saturated rings. The van der Waals surface area contributed by atoms with E-state index in [1.54, 1.807) is 0 Å². The normalized spacial score (nSPS) is 10.4. The second-order valence-corrected chi connectivity index (χ2v) is 3.22. The molecular weight excluding hydrogens is 124 g/mol. The number of hydrogen-bond acceptors (Lipinski definition) is 1. The van der Waals surface area contributed by atoms with E-state index in [1.165, 1.54) is 0 Å². The average molecular weight is 142 g/mol. The molecule has 0 aromatic carbocycles. The minimum Gasteiger partial charge on any atom is -0.300 e. The lowest BCUT2D eigenvalue weighted by Gasteiger charge is -2.01. The van der Waals surface area contributed by atoms with Gasteiger partial charge in [-0.3, -0.25) is 4.79 Å². The number of hydrogen-bond donors (Lipinski definition) is 0. The highest BCUT2D eigenvalue weighted by Gasteiger charge is 2.01. The molecule has 0 aliphatic rings. The molecule has 10 heavy (non-hydrogen) atoms. The minimum atomic E-state index is 0.427. The van der Waals surface area contributed by atoms with Gasteiger partial charge in [-0.05, 0) is 18.8 Å². The first-order valence-electron chi connectivity index (χ1n) is 4.18. The summed E-state index contributed by atoms with van der Waals surface area (Å²) in [6, 6.07) is 0. The van der Waals surface area contributed by atoms with Gasteiger partial charge in [0.15, 0.2) is 0 Å². The molecule has 0 aliphatic heterocycles. The van der Waals surface area contributed by atoms with E-state index < -0.39 is 0 Å². The molecule has 0 rings (SSSR count). The van der Waals surface area contributed by atoms with Crippen LogP contribution in [-0.4, -0.2) is 5.78 Å². The van der Waals surface area contributed by atoms with E-state index in [0.29, 0.717) is 11.7 Å². The maximum Gasteiger partial charge on any atom is 0.132 e. The zero-order chi connectivity index (χ0) is 7.98. The molecule has 0 atom stereocenters. The zero-order valence-corrected chi connectivity index (χ0v) is 7.31. The predicted molar refractivity (Wildman–Crippen MR) is 44.0 cm³/mol. The molecule has 0 bridgehead atoms. The molecule has 0 amide bonds. The first-order chi connectivity index (χ1) is 4.66. The Kier molecular flexibility index (Phi) is 5.27. The molecule has 0 radical (unpaired) electrons. The summed E-state index contributed by atoms with van der Waals surface area (Å²) in [5, 5.41) is 0. The van der Waals surface area contributed by atoms with Crippen LogP contribution in [0.2, 0.25) is 0 Å². The van der Waals surface area contributed by atoms with Gasteiger partial charge in [-0.2, -0.15) is 0 Å². The summed E-state index contributed by atoms with van der Waals surface area (Å²) in [7, 11) is 0. The largest absolute Gasteiger partial charge is 0.300 e. The Hall–Kier alpha value is -0.330. The third-order valence-electron chi connectivity index (χ3n) is 1.53. The highest BCUT2D eigenvalue weighted by Crippen LogP contribution is 2.05. The van der Waals surface area contributed by atoms with Gasteiger partial charge in [-0.1, -0.05) is 20.8 Å². The van der Waals surface area contributed by atoms with E-state index >= 15 is 0 Å². The van der Waals surface area contributed by atoms with Gasteiger partial charge in [0.2, 0.25) is 0 Å². The van der Waals surface area contributed by atoms with Crippen LogP contribution in [0.15, 0.2) is 0 Å². The van der Waals surface area contributed by atoms with Gasteiger partial charge in [0.1, 0.15) is 5.78 Å². The van der Waals surface area contributed by atoms with Crippen LogP contribution < -0.4 is 0 Å². The summed E-state index contributed by atoms with van der Waals surface area (Å²) in [4.78, 5) is 10.9. The van der Waals surface area contributed by atoms with Crippen LogP contribution in [0.1, 0.15) is 46.5 Å². The molecule has 0 heterocycles. The van der Waals surface area contributed by atoms with E-state index in [4.69, 9.17) is 0 Å². The fourth-order valence-electron chi connectivity index (χ4n) is 0.854. The van der Waals surface area contributed by atoms with Crippen molar-refractivity contribution in [3.8, 4) is 0 Å². The highest BCUT2D eigenvalue weighted by atomic mass is 16.1. The third kappa shape index (κ3) is 5.80. The first kappa shape index (κ1) is 9.67. The number of carbonyl (C=O) groups is 1. The number of carbonyl (C=O) groups excluding carboxylic acids is 1. The van der Waals surface area contributed by atoms with Gasteiger partial charge in [0.05, 0.1) is 0 Å². The molecule has 0 unspecified atom stereocenters. The second-order valence-electron chi connectivity index (χ2n) is 3.22. The fraction of sp³-hybridized carbons (Fsp3) is 0.889. The summed E-state index contributed by atoms with van der Waals surface area (Å²) < 4.78 is 0. The lowest BCUT2D eigenvalue weighted by atomic mass is 10.0. The van der Waals surface area contributed by atoms with Gasteiger partial charge >= 0.3 is 0 Å². The molecule has 0 N–H and O–H groups in total. The molecular formula is C9H18O. The maximum atomic E-state index is 10.9. The van der Waals surface area contributed by atoms with E-state index in [0.717, 1.165) is 25.7 Å². The summed E-state index contributed by atoms with van der Waals surface area (Å²) >= 11 is 0. The summed E-state index contributed by atoms with van der Waals surface area (Å²) in [5.74, 6) is 1.09. The van der Waals surface area contributed by atoms with Crippen molar-refractivity contribution < 1.29 is 4.79 Å². The zero-order valence-electron chi connectivity index (χ0n) is 7.31. The Balaban J connectivity index is 3.22. The van der Waals surface area contributed by atoms with Crippen molar-refractivity contribution in [2.45, 2.75) is 46.5 Å². The first-order valence-corrected chi connectivity index (χ1v) is 4.18. The summed E-state index contributed by atoms with van der Waals surface area (Å²) in [6.45, 7) is 6.35. The van der Waals surface area contributed by atoms with Crippen LogP contribution in [0.4, 0.5) is 0 Å². The fourth-order valence-corrected chi connectivity index (χ4v) is 0.854. The molecule has 0 spiro atoms. The molecule has 0 saturated heterocycles. The number of rotatable bonds is 5. The van der Waals surface area contributed by atoms with Crippen molar-refractivity contribution >= 4 is 5.78 Å². The standard InChI is InChI=1S/C9H18O/c1-4-5-9(10)7-6-8(2)3/h8H,4-7H2,1-3H3. The van der Waals surface area contributed by atoms with Gasteiger partial charge in [0.25, 0.3) is 0 Å². The number of Topliss-reactive ketones (excluding diaryl/α,β-unsaturated/α-hetero) is 1. The van der Waals surface area contributed by atoms with Gasteiger partial charge in [-0.25, -0.2) is 0 Å². The lowest BCUT2D eigenvalue weighted by molar-refractivity contribution is -0.119. The van der Waals surface area contributed by atoms with Crippen molar-refractivity contribution in [3.63, 3.8) is 0 Å². The van der Waals surface area contributed by atoms with Crippen molar-refractivity contribution in [2.75, 3.05) is 0 Å². The minimum absolute atomic E-state index is 0.427. The van der Waals surface area contributed by atoms with E-state index in [2.05, 4.69) is 13.8 Å². The van der Waals surface area contributed by atoms with E-state index in [9.17, 15) is 4.79 Å². The predicted octanol–water partition coefficient (Wildman–Crippen LogP) is 2.79. The SMILES string of the molecule is CCCC(=O)CCC(C)C. The van der Waals surface area contributed by atoms with Crippen molar-refractivity contribution in [1.82, 2.24) is 0 Å². The topological polar surface area (TPSA) is 17.1 Å². The van der Waals surface area contributed by atoms with E-state index in [1.807, 2.05) is 6.92 Å². The second kappa shape index (κ2) is 5.45. The van der Waals surface area contributed by atoms with Crippen LogP contribution >= 0.6 is 0 Å². The monoisotopic (exact) mass is 142 g/mol. The highest BCUT2D eigenvalue weighted by molar-refractivity contribution is 5.78. The van der Waals surface area contributed by atoms with Gasteiger partial charge in [-0.15, -0.1) is 0 Å². The summed E-state index contributed by atoms with van der Waals surface area (Å²) in [5.41, 5.74) is 0. The third-order valence-corrected chi connectivity index (χ3v) is 1.53. The van der Waals surface area contributed by atoms with Crippen molar-refractivity contribution in [2.24, 2.45) is 5.92 Å². The Bertz CT molecular complexity index is 94.9. The Morgan fingerprint density at radius 3 is 2.30 bits per heavy atom. The smallest absolute Gasteiger partial charge is 0.132 e. The Labute approximate surface area is 63.8 Å². The molecule has 0 aromatic rings. The quantitative estimate of drug-likeness (QED) is 0.577. The molecule has 0 aromatic heterocycles. The maximum absolute atomic E-state index is 10.9. The molecule has 60 valence electrons. The molecule has 1 nitrogen and oxygen atoms in total. The van der Waals surface area contributed by atoms with Crippen LogP contribution in [0.5, 0.6) is 0 Å². The lowest BCUT2D eigenvalue weighted by Crippen LogP contribution is -1.99. The van der Waals surface area contributed by atoms with Crippen molar-refractivity contribution in [1.29, 1.82) is 0 Å². The van der Waals surface area contributed by atoms with Crippen molar-refractivity contribution in [3.05, 3.63) is 0 Å². The van der Waals surface area contributed by atoms with Gasteiger partial charge in [0, 0.05) is 12.8 Å². The Morgan fingerprint density at radius 1 is 1.30 bits per heavy atom. The van der Waals surface area contributed by atoms with Crippen LogP contribution in [0.25, 0.3) is 0 Å². The molecule has 0 aliphatic carbocycles. The van der Waals surface area contributed by atoms with Crippen LogP contribution in [-0.2, 0) is 4.79 Å². The Morgan fingerprint density at radius 2 is 1.90 bits per heavy atom. The molecule has 0 saturated carbocycles. The number of ketones is 1. The van der Waals surface area contributed by atoms with Crippen LogP contribution in [0.3, 0.4) is 0 Å². The van der Waals surface area contributed by atoms with Crippen LogP contribution in [0, 0.1) is 5.92 Å². The van der Waals surface area contributed by atoms with E-state index in [-0.39, 0.29) is 0 Å². The molecule has 1 heteroatoms. The average Bonchev–Trinajstić information content (AvgIpc) is 1.85.